The van der Waals surface area contributed by atoms with Crippen molar-refractivity contribution in [1.29, 1.82) is 0 Å². The maximum Gasteiger partial charge on any atom is 0.267 e. The zero-order valence-electron chi connectivity index (χ0n) is 16.8. The summed E-state index contributed by atoms with van der Waals surface area (Å²) >= 11 is 0. The summed E-state index contributed by atoms with van der Waals surface area (Å²) in [6.07, 6.45) is 2.52. The standard InChI is InChI=1S/C23H23N3O4S/c24-23(27)22-15-19(12-13-25-22)30-20-7-4-14-26(16-20)31(28,29)21-10-8-18(9-11-21)17-5-2-1-3-6-17/h1-3,5-6,8-13,15,20H,4,7,14,16H2,(H2,24,27). The van der Waals surface area contributed by atoms with Crippen LogP contribution in [-0.4, -0.2) is 42.8 Å². The van der Waals surface area contributed by atoms with E-state index in [0.717, 1.165) is 11.1 Å². The fraction of sp³-hybridized carbons (Fsp3) is 0.217. The summed E-state index contributed by atoms with van der Waals surface area (Å²) in [4.78, 5) is 15.5. The number of carbonyl (C=O) groups excluding carboxylic acids is 1. The molecule has 2 N–H and O–H groups in total. The first-order valence-corrected chi connectivity index (χ1v) is 11.5. The van der Waals surface area contributed by atoms with E-state index in [2.05, 4.69) is 4.98 Å². The molecule has 0 aliphatic carbocycles. The molecule has 0 spiro atoms. The normalized spacial score (nSPS) is 17.2. The van der Waals surface area contributed by atoms with Crippen molar-refractivity contribution in [3.63, 3.8) is 0 Å². The number of primary amides is 1. The molecule has 1 unspecified atom stereocenters. The maximum atomic E-state index is 13.2. The van der Waals surface area contributed by atoms with Gasteiger partial charge >= 0.3 is 0 Å². The molecule has 1 aromatic heterocycles. The number of nitrogens with two attached hydrogens (primary N) is 1. The molecule has 0 saturated carbocycles. The van der Waals surface area contributed by atoms with E-state index >= 15 is 0 Å². The van der Waals surface area contributed by atoms with Crippen molar-refractivity contribution < 1.29 is 17.9 Å². The van der Waals surface area contributed by atoms with Crippen LogP contribution in [0.25, 0.3) is 11.1 Å². The fourth-order valence-corrected chi connectivity index (χ4v) is 5.14. The highest BCUT2D eigenvalue weighted by Gasteiger charge is 2.31. The number of aromatic nitrogens is 1. The number of ether oxygens (including phenoxy) is 1. The lowest BCUT2D eigenvalue weighted by Crippen LogP contribution is -2.44. The van der Waals surface area contributed by atoms with Crippen LogP contribution in [0.4, 0.5) is 0 Å². The monoisotopic (exact) mass is 437 g/mol. The lowest BCUT2D eigenvalue weighted by molar-refractivity contribution is 0.0993. The quantitative estimate of drug-likeness (QED) is 0.638. The summed E-state index contributed by atoms with van der Waals surface area (Å²) in [5.74, 6) is -0.197. The maximum absolute atomic E-state index is 13.2. The van der Waals surface area contributed by atoms with Crippen LogP contribution in [0.5, 0.6) is 5.75 Å². The lowest BCUT2D eigenvalue weighted by Gasteiger charge is -2.32. The summed E-state index contributed by atoms with van der Waals surface area (Å²) in [6.45, 7) is 0.669. The van der Waals surface area contributed by atoms with Gasteiger partial charge in [-0.05, 0) is 42.2 Å². The van der Waals surface area contributed by atoms with Crippen LogP contribution in [0.3, 0.4) is 0 Å². The highest BCUT2D eigenvalue weighted by atomic mass is 32.2. The number of rotatable bonds is 6. The van der Waals surface area contributed by atoms with Gasteiger partial charge in [-0.2, -0.15) is 4.31 Å². The van der Waals surface area contributed by atoms with Crippen LogP contribution in [0.15, 0.2) is 77.8 Å². The van der Waals surface area contributed by atoms with E-state index in [4.69, 9.17) is 10.5 Å². The molecule has 1 aliphatic heterocycles. The van der Waals surface area contributed by atoms with E-state index in [1.54, 1.807) is 18.2 Å². The second-order valence-corrected chi connectivity index (χ2v) is 9.31. The Labute approximate surface area is 181 Å². The smallest absolute Gasteiger partial charge is 0.267 e. The molecule has 1 fully saturated rings. The summed E-state index contributed by atoms with van der Waals surface area (Å²) in [5.41, 5.74) is 7.36. The molecule has 0 bridgehead atoms. The third kappa shape index (κ3) is 4.76. The minimum Gasteiger partial charge on any atom is -0.489 e. The van der Waals surface area contributed by atoms with E-state index in [0.29, 0.717) is 25.1 Å². The molecule has 1 saturated heterocycles. The zero-order valence-corrected chi connectivity index (χ0v) is 17.7. The Kier molecular flexibility index (Phi) is 6.01. The van der Waals surface area contributed by atoms with E-state index in [1.807, 2.05) is 42.5 Å². The van der Waals surface area contributed by atoms with Gasteiger partial charge in [0.05, 0.1) is 11.4 Å². The molecule has 1 atom stereocenters. The van der Waals surface area contributed by atoms with E-state index in [9.17, 15) is 13.2 Å². The molecule has 160 valence electrons. The average molecular weight is 438 g/mol. The minimum atomic E-state index is -3.64. The largest absolute Gasteiger partial charge is 0.489 e. The number of pyridine rings is 1. The van der Waals surface area contributed by atoms with Gasteiger partial charge in [-0.3, -0.25) is 9.78 Å². The number of carbonyl (C=O) groups is 1. The molecule has 1 amide bonds. The Hall–Kier alpha value is -3.23. The topological polar surface area (TPSA) is 103 Å². The van der Waals surface area contributed by atoms with Crippen LogP contribution in [0, 0.1) is 0 Å². The molecular weight excluding hydrogens is 414 g/mol. The van der Waals surface area contributed by atoms with Crippen LogP contribution < -0.4 is 10.5 Å². The second kappa shape index (κ2) is 8.87. The first-order valence-electron chi connectivity index (χ1n) is 10.0. The summed E-state index contributed by atoms with van der Waals surface area (Å²) in [5, 5.41) is 0. The van der Waals surface area contributed by atoms with Crippen molar-refractivity contribution in [2.45, 2.75) is 23.8 Å². The van der Waals surface area contributed by atoms with Crippen molar-refractivity contribution in [1.82, 2.24) is 9.29 Å². The van der Waals surface area contributed by atoms with Crippen molar-refractivity contribution in [2.75, 3.05) is 13.1 Å². The minimum absolute atomic E-state index is 0.108. The van der Waals surface area contributed by atoms with Crippen LogP contribution in [0.2, 0.25) is 0 Å². The summed E-state index contributed by atoms with van der Waals surface area (Å²) in [6, 6.07) is 19.8. The molecule has 2 heterocycles. The number of hydrogen-bond acceptors (Lipinski definition) is 5. The van der Waals surface area contributed by atoms with Gasteiger partial charge in [-0.15, -0.1) is 0 Å². The third-order valence-electron chi connectivity index (χ3n) is 5.23. The summed E-state index contributed by atoms with van der Waals surface area (Å²) in [7, 11) is -3.64. The SMILES string of the molecule is NC(=O)c1cc(OC2CCCN(S(=O)(=O)c3ccc(-c4ccccc4)cc3)C2)ccn1. The molecule has 0 radical (unpaired) electrons. The Morgan fingerprint density at radius 2 is 1.74 bits per heavy atom. The van der Waals surface area contributed by atoms with Gasteiger partial charge in [0, 0.05) is 18.8 Å². The molecular formula is C23H23N3O4S. The van der Waals surface area contributed by atoms with Crippen molar-refractivity contribution in [3.05, 3.63) is 78.6 Å². The molecule has 4 rings (SSSR count). The molecule has 31 heavy (non-hydrogen) atoms. The van der Waals surface area contributed by atoms with Crippen LogP contribution in [0.1, 0.15) is 23.3 Å². The molecule has 3 aromatic rings. The van der Waals surface area contributed by atoms with Gasteiger partial charge in [-0.25, -0.2) is 8.42 Å². The molecule has 1 aliphatic rings. The Morgan fingerprint density at radius 1 is 1.03 bits per heavy atom. The number of sulfonamides is 1. The van der Waals surface area contributed by atoms with Gasteiger partial charge in [0.25, 0.3) is 5.91 Å². The van der Waals surface area contributed by atoms with Gasteiger partial charge < -0.3 is 10.5 Å². The van der Waals surface area contributed by atoms with Gasteiger partial charge in [0.15, 0.2) is 0 Å². The number of amides is 1. The van der Waals surface area contributed by atoms with Crippen LogP contribution >= 0.6 is 0 Å². The number of benzene rings is 2. The van der Waals surface area contributed by atoms with E-state index in [-0.39, 0.29) is 23.2 Å². The Bertz CT molecular complexity index is 1160. The van der Waals surface area contributed by atoms with Crippen molar-refractivity contribution in [2.24, 2.45) is 5.73 Å². The third-order valence-corrected chi connectivity index (χ3v) is 7.11. The zero-order chi connectivity index (χ0) is 21.8. The van der Waals surface area contributed by atoms with Crippen LogP contribution in [-0.2, 0) is 10.0 Å². The lowest BCUT2D eigenvalue weighted by atomic mass is 10.1. The van der Waals surface area contributed by atoms with E-state index in [1.165, 1.54) is 16.6 Å². The predicted molar refractivity (Wildman–Crippen MR) is 117 cm³/mol. The van der Waals surface area contributed by atoms with E-state index < -0.39 is 15.9 Å². The average Bonchev–Trinajstić information content (AvgIpc) is 2.80. The second-order valence-electron chi connectivity index (χ2n) is 7.38. The summed E-state index contributed by atoms with van der Waals surface area (Å²) < 4.78 is 33.7. The van der Waals surface area contributed by atoms with Gasteiger partial charge in [-0.1, -0.05) is 42.5 Å². The molecule has 7 nitrogen and oxygen atoms in total. The predicted octanol–water partition coefficient (Wildman–Crippen LogP) is 3.08. The van der Waals surface area contributed by atoms with Crippen molar-refractivity contribution >= 4 is 15.9 Å². The number of nitrogens with zero attached hydrogens (tertiary/aromatic N) is 2. The highest BCUT2D eigenvalue weighted by molar-refractivity contribution is 7.89. The van der Waals surface area contributed by atoms with Gasteiger partial charge in [0.1, 0.15) is 17.5 Å². The Morgan fingerprint density at radius 3 is 2.45 bits per heavy atom. The Balaban J connectivity index is 1.48. The molecule has 8 heteroatoms. The van der Waals surface area contributed by atoms with Crippen molar-refractivity contribution in [3.8, 4) is 16.9 Å². The number of hydrogen-bond donors (Lipinski definition) is 1. The van der Waals surface area contributed by atoms with Gasteiger partial charge in [0.2, 0.25) is 10.0 Å². The fourth-order valence-electron chi connectivity index (χ4n) is 3.63. The first-order chi connectivity index (χ1) is 14.9. The highest BCUT2D eigenvalue weighted by Crippen LogP contribution is 2.26. The first kappa shape index (κ1) is 21.0. The molecule has 2 aromatic carbocycles. The number of piperidine rings is 1.